The van der Waals surface area contributed by atoms with Crippen molar-refractivity contribution in [1.29, 1.82) is 0 Å². The van der Waals surface area contributed by atoms with Crippen molar-refractivity contribution in [3.8, 4) is 0 Å². The van der Waals surface area contributed by atoms with Crippen LogP contribution in [0.25, 0.3) is 10.9 Å². The lowest BCUT2D eigenvalue weighted by atomic mass is 10.2. The summed E-state index contributed by atoms with van der Waals surface area (Å²) in [7, 11) is 0. The van der Waals surface area contributed by atoms with Gasteiger partial charge in [0.15, 0.2) is 0 Å². The Labute approximate surface area is 119 Å². The molecule has 3 rings (SSSR count). The minimum atomic E-state index is 0.762. The summed E-state index contributed by atoms with van der Waals surface area (Å²) < 4.78 is 1.06. The van der Waals surface area contributed by atoms with E-state index in [1.807, 2.05) is 55.5 Å². The van der Waals surface area contributed by atoms with Crippen LogP contribution in [0.4, 0.5) is 11.5 Å². The molecule has 0 bridgehead atoms. The summed E-state index contributed by atoms with van der Waals surface area (Å²) in [6, 6.07) is 16.0. The van der Waals surface area contributed by atoms with Gasteiger partial charge in [-0.1, -0.05) is 28.1 Å². The molecule has 2 aromatic carbocycles. The lowest BCUT2D eigenvalue weighted by Gasteiger charge is -2.09. The first-order chi connectivity index (χ1) is 9.22. The van der Waals surface area contributed by atoms with Crippen molar-refractivity contribution in [3.05, 3.63) is 58.8 Å². The van der Waals surface area contributed by atoms with Gasteiger partial charge in [0.2, 0.25) is 0 Å². The second-order valence-corrected chi connectivity index (χ2v) is 5.18. The van der Waals surface area contributed by atoms with Crippen molar-refractivity contribution in [2.75, 3.05) is 5.32 Å². The monoisotopic (exact) mass is 313 g/mol. The number of nitrogens with one attached hydrogen (secondary N) is 1. The number of benzene rings is 2. The maximum Gasteiger partial charge on any atom is 0.142 e. The molecule has 0 atom stereocenters. The van der Waals surface area contributed by atoms with E-state index in [1.54, 1.807) is 0 Å². The van der Waals surface area contributed by atoms with Gasteiger partial charge in [-0.2, -0.15) is 0 Å². The van der Waals surface area contributed by atoms with Crippen molar-refractivity contribution in [2.24, 2.45) is 0 Å². The van der Waals surface area contributed by atoms with Crippen molar-refractivity contribution in [3.63, 3.8) is 0 Å². The van der Waals surface area contributed by atoms with Crippen LogP contribution in [0.5, 0.6) is 0 Å². The van der Waals surface area contributed by atoms with Crippen LogP contribution in [-0.2, 0) is 0 Å². The fourth-order valence-corrected chi connectivity index (χ4v) is 2.22. The molecule has 0 unspecified atom stereocenters. The third-order valence-corrected chi connectivity index (χ3v) is 3.35. The molecule has 19 heavy (non-hydrogen) atoms. The lowest BCUT2D eigenvalue weighted by molar-refractivity contribution is 1.09. The molecule has 0 spiro atoms. The Kier molecular flexibility index (Phi) is 3.17. The van der Waals surface area contributed by atoms with Crippen LogP contribution in [0.15, 0.2) is 53.0 Å². The van der Waals surface area contributed by atoms with Crippen LogP contribution < -0.4 is 5.32 Å². The zero-order chi connectivity index (χ0) is 13.2. The summed E-state index contributed by atoms with van der Waals surface area (Å²) in [6.45, 7) is 1.90. The predicted octanol–water partition coefficient (Wildman–Crippen LogP) is 4.44. The molecule has 1 heterocycles. The van der Waals surface area contributed by atoms with Gasteiger partial charge in [-0.15, -0.1) is 0 Å². The molecule has 0 fully saturated rings. The highest BCUT2D eigenvalue weighted by atomic mass is 79.9. The number of para-hydroxylation sites is 1. The Morgan fingerprint density at radius 2 is 1.68 bits per heavy atom. The number of hydrogen-bond acceptors (Lipinski definition) is 3. The van der Waals surface area contributed by atoms with E-state index in [0.717, 1.165) is 32.7 Å². The average molecular weight is 314 g/mol. The van der Waals surface area contributed by atoms with Crippen molar-refractivity contribution in [2.45, 2.75) is 6.92 Å². The minimum absolute atomic E-state index is 0.762. The molecule has 0 saturated carbocycles. The van der Waals surface area contributed by atoms with Gasteiger partial charge in [0.25, 0.3) is 0 Å². The lowest BCUT2D eigenvalue weighted by Crippen LogP contribution is -1.98. The first kappa shape index (κ1) is 12.1. The molecule has 0 amide bonds. The number of halogens is 1. The highest BCUT2D eigenvalue weighted by Crippen LogP contribution is 2.24. The second kappa shape index (κ2) is 4.97. The molecule has 0 aliphatic heterocycles. The van der Waals surface area contributed by atoms with Gasteiger partial charge in [0, 0.05) is 15.5 Å². The van der Waals surface area contributed by atoms with E-state index in [9.17, 15) is 0 Å². The Morgan fingerprint density at radius 3 is 2.47 bits per heavy atom. The van der Waals surface area contributed by atoms with Gasteiger partial charge in [0.05, 0.1) is 5.52 Å². The van der Waals surface area contributed by atoms with Gasteiger partial charge < -0.3 is 5.32 Å². The molecule has 1 aromatic heterocycles. The first-order valence-corrected chi connectivity index (χ1v) is 6.78. The van der Waals surface area contributed by atoms with Crippen LogP contribution in [0.1, 0.15) is 5.82 Å². The van der Waals surface area contributed by atoms with Crippen LogP contribution in [0.2, 0.25) is 0 Å². The Bertz CT molecular complexity index is 723. The summed E-state index contributed by atoms with van der Waals surface area (Å²) >= 11 is 3.43. The Morgan fingerprint density at radius 1 is 0.947 bits per heavy atom. The smallest absolute Gasteiger partial charge is 0.142 e. The van der Waals surface area contributed by atoms with Crippen molar-refractivity contribution in [1.82, 2.24) is 9.97 Å². The maximum atomic E-state index is 4.49. The number of anilines is 2. The van der Waals surface area contributed by atoms with Crippen molar-refractivity contribution < 1.29 is 0 Å². The van der Waals surface area contributed by atoms with Gasteiger partial charge in [-0.3, -0.25) is 0 Å². The van der Waals surface area contributed by atoms with Crippen LogP contribution >= 0.6 is 15.9 Å². The standard InChI is InChI=1S/C15H12BrN3/c1-10-17-14-5-3-2-4-13(14)15(18-10)19-12-8-6-11(16)7-9-12/h2-9H,1H3,(H,17,18,19). The summed E-state index contributed by atoms with van der Waals surface area (Å²) in [5, 5.41) is 4.37. The predicted molar refractivity (Wildman–Crippen MR) is 81.7 cm³/mol. The molecule has 3 aromatic rings. The number of aryl methyl sites for hydroxylation is 1. The van der Waals surface area contributed by atoms with E-state index < -0.39 is 0 Å². The highest BCUT2D eigenvalue weighted by Gasteiger charge is 2.05. The zero-order valence-corrected chi connectivity index (χ0v) is 12.0. The van der Waals surface area contributed by atoms with Crippen LogP contribution in [0.3, 0.4) is 0 Å². The van der Waals surface area contributed by atoms with Gasteiger partial charge in [-0.25, -0.2) is 9.97 Å². The average Bonchev–Trinajstić information content (AvgIpc) is 2.41. The van der Waals surface area contributed by atoms with Gasteiger partial charge >= 0.3 is 0 Å². The van der Waals surface area contributed by atoms with E-state index in [4.69, 9.17) is 0 Å². The van der Waals surface area contributed by atoms with Crippen LogP contribution in [0, 0.1) is 6.92 Å². The Hall–Kier alpha value is -1.94. The fourth-order valence-electron chi connectivity index (χ4n) is 1.96. The number of hydrogen-bond donors (Lipinski definition) is 1. The molecule has 4 heteroatoms. The molecule has 1 N–H and O–H groups in total. The van der Waals surface area contributed by atoms with E-state index in [2.05, 4.69) is 31.2 Å². The number of rotatable bonds is 2. The quantitative estimate of drug-likeness (QED) is 0.759. The summed E-state index contributed by atoms with van der Waals surface area (Å²) in [6.07, 6.45) is 0. The fraction of sp³-hybridized carbons (Fsp3) is 0.0667. The van der Waals surface area contributed by atoms with E-state index in [-0.39, 0.29) is 0 Å². The molecule has 0 radical (unpaired) electrons. The molecular formula is C15H12BrN3. The summed E-state index contributed by atoms with van der Waals surface area (Å²) in [5.41, 5.74) is 1.96. The largest absolute Gasteiger partial charge is 0.340 e. The Balaban J connectivity index is 2.07. The van der Waals surface area contributed by atoms with E-state index in [1.165, 1.54) is 0 Å². The van der Waals surface area contributed by atoms with Crippen LogP contribution in [-0.4, -0.2) is 9.97 Å². The molecule has 0 aliphatic rings. The van der Waals surface area contributed by atoms with E-state index >= 15 is 0 Å². The summed E-state index contributed by atoms with van der Waals surface area (Å²) in [5.74, 6) is 1.60. The third kappa shape index (κ3) is 2.58. The highest BCUT2D eigenvalue weighted by molar-refractivity contribution is 9.10. The second-order valence-electron chi connectivity index (χ2n) is 4.27. The molecule has 94 valence electrons. The third-order valence-electron chi connectivity index (χ3n) is 2.82. The zero-order valence-electron chi connectivity index (χ0n) is 10.4. The van der Waals surface area contributed by atoms with Crippen molar-refractivity contribution >= 4 is 38.3 Å². The number of nitrogens with zero attached hydrogens (tertiary/aromatic N) is 2. The molecular weight excluding hydrogens is 302 g/mol. The SMILES string of the molecule is Cc1nc(Nc2ccc(Br)cc2)c2ccccc2n1. The molecule has 3 nitrogen and oxygen atoms in total. The first-order valence-electron chi connectivity index (χ1n) is 5.98. The number of aromatic nitrogens is 2. The number of fused-ring (bicyclic) bond motifs is 1. The summed E-state index contributed by atoms with van der Waals surface area (Å²) in [4.78, 5) is 8.92. The molecule has 0 saturated heterocycles. The minimum Gasteiger partial charge on any atom is -0.340 e. The van der Waals surface area contributed by atoms with Gasteiger partial charge in [0.1, 0.15) is 11.6 Å². The van der Waals surface area contributed by atoms with E-state index in [0.29, 0.717) is 0 Å². The topological polar surface area (TPSA) is 37.8 Å². The van der Waals surface area contributed by atoms with Gasteiger partial charge in [-0.05, 0) is 43.3 Å². The molecule has 0 aliphatic carbocycles. The maximum absolute atomic E-state index is 4.49. The normalized spacial score (nSPS) is 10.6.